The minimum absolute atomic E-state index is 0.618. The number of thioether (sulfide) groups is 1. The van der Waals surface area contributed by atoms with Crippen molar-refractivity contribution in [2.45, 2.75) is 38.0 Å². The second kappa shape index (κ2) is 5.87. The van der Waals surface area contributed by atoms with Gasteiger partial charge in [-0.3, -0.25) is 0 Å². The zero-order valence-corrected chi connectivity index (χ0v) is 12.7. The van der Waals surface area contributed by atoms with Crippen molar-refractivity contribution in [3.8, 4) is 0 Å². The van der Waals surface area contributed by atoms with Crippen molar-refractivity contribution in [1.29, 1.82) is 0 Å². The van der Waals surface area contributed by atoms with Crippen LogP contribution in [-0.2, 0) is 0 Å². The lowest BCUT2D eigenvalue weighted by Gasteiger charge is -2.30. The summed E-state index contributed by atoms with van der Waals surface area (Å²) in [5, 5.41) is 4.44. The normalized spacial score (nSPS) is 23.8. The third kappa shape index (κ3) is 3.14. The fourth-order valence-corrected chi connectivity index (χ4v) is 3.54. The maximum Gasteiger partial charge on any atom is 0.0377 e. The van der Waals surface area contributed by atoms with E-state index in [1.165, 1.54) is 35.5 Å². The fraction of sp³-hybridized carbons (Fsp3) is 0.600. The van der Waals surface area contributed by atoms with Gasteiger partial charge in [0.15, 0.2) is 0 Å². The maximum atomic E-state index is 3.73. The Hall–Kier alpha value is -0.830. The molecule has 100 valence electrons. The molecule has 2 atom stereocenters. The van der Waals surface area contributed by atoms with E-state index in [0.29, 0.717) is 11.3 Å². The van der Waals surface area contributed by atoms with Crippen LogP contribution in [0.3, 0.4) is 0 Å². The van der Waals surface area contributed by atoms with Crippen molar-refractivity contribution >= 4 is 23.1 Å². The first-order valence-electron chi connectivity index (χ1n) is 6.74. The van der Waals surface area contributed by atoms with Gasteiger partial charge in [0.2, 0.25) is 0 Å². The summed E-state index contributed by atoms with van der Waals surface area (Å²) in [6, 6.07) is 7.28. The van der Waals surface area contributed by atoms with Gasteiger partial charge in [-0.15, -0.1) is 0 Å². The number of hydrogen-bond acceptors (Lipinski definition) is 3. The third-order valence-corrected chi connectivity index (χ3v) is 5.05. The Balaban J connectivity index is 2.09. The molecule has 18 heavy (non-hydrogen) atoms. The summed E-state index contributed by atoms with van der Waals surface area (Å²) in [5.41, 5.74) is 3.90. The van der Waals surface area contributed by atoms with Crippen LogP contribution in [0.15, 0.2) is 18.2 Å². The number of benzene rings is 1. The van der Waals surface area contributed by atoms with Gasteiger partial charge in [-0.05, 0) is 49.3 Å². The molecule has 0 spiro atoms. The minimum atomic E-state index is 0.618. The van der Waals surface area contributed by atoms with Crippen LogP contribution in [0.25, 0.3) is 0 Å². The quantitative estimate of drug-likeness (QED) is 0.895. The number of aryl methyl sites for hydroxylation is 1. The summed E-state index contributed by atoms with van der Waals surface area (Å²) in [6.07, 6.45) is 2.63. The average molecular weight is 264 g/mol. The lowest BCUT2D eigenvalue weighted by atomic mass is 10.1. The first-order valence-corrected chi connectivity index (χ1v) is 7.79. The molecular formula is C15H24N2S. The van der Waals surface area contributed by atoms with Gasteiger partial charge in [-0.2, -0.15) is 11.8 Å². The van der Waals surface area contributed by atoms with E-state index in [-0.39, 0.29) is 0 Å². The Kier molecular flexibility index (Phi) is 4.44. The highest BCUT2D eigenvalue weighted by Gasteiger charge is 2.21. The van der Waals surface area contributed by atoms with E-state index < -0.39 is 0 Å². The van der Waals surface area contributed by atoms with Crippen LogP contribution in [0, 0.1) is 6.92 Å². The number of nitrogens with zero attached hydrogens (tertiary/aromatic N) is 1. The third-order valence-electron chi connectivity index (χ3n) is 3.67. The van der Waals surface area contributed by atoms with Crippen molar-refractivity contribution < 1.29 is 0 Å². The predicted molar refractivity (Wildman–Crippen MR) is 84.1 cm³/mol. The number of nitrogens with one attached hydrogen (secondary N) is 1. The molecule has 0 aromatic heterocycles. The molecule has 2 nitrogen and oxygen atoms in total. The molecule has 1 aliphatic heterocycles. The van der Waals surface area contributed by atoms with Crippen LogP contribution in [0.5, 0.6) is 0 Å². The number of rotatable bonds is 3. The van der Waals surface area contributed by atoms with Crippen LogP contribution >= 0.6 is 11.8 Å². The van der Waals surface area contributed by atoms with E-state index >= 15 is 0 Å². The van der Waals surface area contributed by atoms with Crippen molar-refractivity contribution in [2.24, 2.45) is 0 Å². The van der Waals surface area contributed by atoms with Gasteiger partial charge in [0.1, 0.15) is 0 Å². The second-order valence-corrected chi connectivity index (χ2v) is 6.85. The monoisotopic (exact) mass is 264 g/mol. The van der Waals surface area contributed by atoms with Crippen molar-refractivity contribution in [3.05, 3.63) is 23.8 Å². The van der Waals surface area contributed by atoms with Crippen LogP contribution in [0.1, 0.15) is 25.3 Å². The molecule has 0 bridgehead atoms. The summed E-state index contributed by atoms with van der Waals surface area (Å²) in [6.45, 7) is 4.53. The second-order valence-electron chi connectivity index (χ2n) is 5.36. The molecule has 1 N–H and O–H groups in total. The summed E-state index contributed by atoms with van der Waals surface area (Å²) >= 11 is 2.09. The summed E-state index contributed by atoms with van der Waals surface area (Å²) in [7, 11) is 4.17. The molecule has 0 radical (unpaired) electrons. The van der Waals surface area contributed by atoms with Crippen LogP contribution in [0.2, 0.25) is 0 Å². The number of hydrogen-bond donors (Lipinski definition) is 1. The van der Waals surface area contributed by atoms with Gasteiger partial charge >= 0.3 is 0 Å². The van der Waals surface area contributed by atoms with E-state index in [2.05, 4.69) is 68.1 Å². The average Bonchev–Trinajstić information content (AvgIpc) is 2.34. The van der Waals surface area contributed by atoms with Gasteiger partial charge in [0.25, 0.3) is 0 Å². The molecular weight excluding hydrogens is 240 g/mol. The summed E-state index contributed by atoms with van der Waals surface area (Å²) in [4.78, 5) is 2.15. The highest BCUT2D eigenvalue weighted by atomic mass is 32.2. The lowest BCUT2D eigenvalue weighted by molar-refractivity contribution is 0.617. The smallest absolute Gasteiger partial charge is 0.0377 e. The summed E-state index contributed by atoms with van der Waals surface area (Å²) < 4.78 is 0. The molecule has 2 unspecified atom stereocenters. The van der Waals surface area contributed by atoms with E-state index in [1.54, 1.807) is 0 Å². The van der Waals surface area contributed by atoms with Gasteiger partial charge in [0, 0.05) is 36.8 Å². The largest absolute Gasteiger partial charge is 0.381 e. The Morgan fingerprint density at radius 1 is 1.33 bits per heavy atom. The molecule has 0 aliphatic carbocycles. The van der Waals surface area contributed by atoms with Crippen molar-refractivity contribution in [2.75, 3.05) is 30.1 Å². The predicted octanol–water partition coefficient (Wildman–Crippen LogP) is 3.76. The van der Waals surface area contributed by atoms with Gasteiger partial charge in [-0.25, -0.2) is 0 Å². The molecule has 1 aliphatic rings. The van der Waals surface area contributed by atoms with Gasteiger partial charge < -0.3 is 10.2 Å². The molecule has 3 heteroatoms. The van der Waals surface area contributed by atoms with Crippen LogP contribution in [-0.4, -0.2) is 31.1 Å². The Labute approximate surface area is 115 Å². The van der Waals surface area contributed by atoms with Gasteiger partial charge in [-0.1, -0.05) is 6.92 Å². The van der Waals surface area contributed by atoms with E-state index in [0.717, 1.165) is 0 Å². The SMILES string of the molecule is Cc1cc(N(C)C)ccc1NC1CCCSC1C. The molecule has 0 saturated carbocycles. The molecule has 1 fully saturated rings. The lowest BCUT2D eigenvalue weighted by Crippen LogP contribution is -2.33. The first kappa shape index (κ1) is 13.6. The molecule has 2 rings (SSSR count). The molecule has 1 saturated heterocycles. The van der Waals surface area contributed by atoms with Crippen molar-refractivity contribution in [3.63, 3.8) is 0 Å². The minimum Gasteiger partial charge on any atom is -0.381 e. The maximum absolute atomic E-state index is 3.73. The molecule has 1 heterocycles. The fourth-order valence-electron chi connectivity index (χ4n) is 2.40. The topological polar surface area (TPSA) is 15.3 Å². The first-order chi connectivity index (χ1) is 8.58. The zero-order chi connectivity index (χ0) is 13.1. The van der Waals surface area contributed by atoms with Crippen LogP contribution in [0.4, 0.5) is 11.4 Å². The van der Waals surface area contributed by atoms with E-state index in [4.69, 9.17) is 0 Å². The van der Waals surface area contributed by atoms with Gasteiger partial charge in [0.05, 0.1) is 0 Å². The Morgan fingerprint density at radius 2 is 2.11 bits per heavy atom. The molecule has 0 amide bonds. The summed E-state index contributed by atoms with van der Waals surface area (Å²) in [5.74, 6) is 1.32. The molecule has 1 aromatic carbocycles. The standard InChI is InChI=1S/C15H24N2S/c1-11-10-13(17(3)4)7-8-14(11)16-15-6-5-9-18-12(15)2/h7-8,10,12,15-16H,5-6,9H2,1-4H3. The Bertz CT molecular complexity index is 403. The van der Waals surface area contributed by atoms with Crippen LogP contribution < -0.4 is 10.2 Å². The van der Waals surface area contributed by atoms with E-state index in [1.807, 2.05) is 0 Å². The van der Waals surface area contributed by atoms with E-state index in [9.17, 15) is 0 Å². The van der Waals surface area contributed by atoms with Crippen molar-refractivity contribution in [1.82, 2.24) is 0 Å². The Morgan fingerprint density at radius 3 is 2.72 bits per heavy atom. The highest BCUT2D eigenvalue weighted by Crippen LogP contribution is 2.29. The number of anilines is 2. The highest BCUT2D eigenvalue weighted by molar-refractivity contribution is 8.00. The molecule has 1 aromatic rings. The zero-order valence-electron chi connectivity index (χ0n) is 11.9.